The highest BCUT2D eigenvalue weighted by Crippen LogP contribution is 2.55. The predicted molar refractivity (Wildman–Crippen MR) is 163 cm³/mol. The van der Waals surface area contributed by atoms with Crippen LogP contribution < -0.4 is 4.74 Å². The largest absolute Gasteiger partial charge is 0.489 e. The van der Waals surface area contributed by atoms with Crippen LogP contribution in [0, 0.1) is 17.8 Å². The van der Waals surface area contributed by atoms with Gasteiger partial charge in [0, 0.05) is 72.1 Å². The number of Topliss-reactive ketones (excluding diaryl/α,β-unsaturated/α-hetero) is 2. The number of carbonyl (C=O) groups is 2. The number of halogens is 1. The molecule has 5 rings (SSSR count). The van der Waals surface area contributed by atoms with Crippen molar-refractivity contribution < 1.29 is 19.1 Å². The molecule has 0 aromatic heterocycles. The first kappa shape index (κ1) is 29.6. The fourth-order valence-electron chi connectivity index (χ4n) is 6.72. The quantitative estimate of drug-likeness (QED) is 0.299. The van der Waals surface area contributed by atoms with Gasteiger partial charge in [0.05, 0.1) is 0 Å². The van der Waals surface area contributed by atoms with Crippen LogP contribution in [0.2, 0.25) is 5.02 Å². The first-order valence-corrected chi connectivity index (χ1v) is 15.0. The van der Waals surface area contributed by atoms with Crippen molar-refractivity contribution in [3.63, 3.8) is 0 Å². The van der Waals surface area contributed by atoms with E-state index in [-0.39, 0.29) is 22.4 Å². The van der Waals surface area contributed by atoms with Crippen LogP contribution in [0.15, 0.2) is 65.0 Å². The van der Waals surface area contributed by atoms with E-state index in [0.29, 0.717) is 43.4 Å². The second-order valence-electron chi connectivity index (χ2n) is 13.5. The summed E-state index contributed by atoms with van der Waals surface area (Å²) in [4.78, 5) is 30.5. The SMILES string of the molecule is COCCCN1C2=C(C(=O)CC(C)(C)C2)C(c2cc(Cl)ccc2OCc2ccc(C)cc2)C2=C1CC(C)(C)CC2=O. The van der Waals surface area contributed by atoms with Gasteiger partial charge in [-0.05, 0) is 60.8 Å². The first-order valence-electron chi connectivity index (χ1n) is 14.7. The van der Waals surface area contributed by atoms with E-state index in [1.54, 1.807) is 7.11 Å². The first-order chi connectivity index (χ1) is 19.4. The Labute approximate surface area is 249 Å². The third kappa shape index (κ3) is 6.17. The molecule has 0 saturated carbocycles. The van der Waals surface area contributed by atoms with Crippen LogP contribution in [-0.2, 0) is 20.9 Å². The molecular weight excluding hydrogens is 534 g/mol. The molecule has 1 aliphatic heterocycles. The number of aryl methyl sites for hydroxylation is 1. The molecule has 0 bridgehead atoms. The van der Waals surface area contributed by atoms with Gasteiger partial charge >= 0.3 is 0 Å². The predicted octanol–water partition coefficient (Wildman–Crippen LogP) is 7.95. The highest BCUT2D eigenvalue weighted by molar-refractivity contribution is 6.30. The Morgan fingerprint density at radius 1 is 0.878 bits per heavy atom. The van der Waals surface area contributed by atoms with Gasteiger partial charge in [-0.2, -0.15) is 0 Å². The normalized spacial score (nSPS) is 20.3. The zero-order chi connectivity index (χ0) is 29.5. The maximum absolute atomic E-state index is 14.1. The van der Waals surface area contributed by atoms with Gasteiger partial charge < -0.3 is 14.4 Å². The lowest BCUT2D eigenvalue weighted by molar-refractivity contribution is -0.119. The summed E-state index contributed by atoms with van der Waals surface area (Å²) in [6, 6.07) is 13.9. The van der Waals surface area contributed by atoms with Crippen LogP contribution in [0.3, 0.4) is 0 Å². The molecule has 3 aliphatic rings. The van der Waals surface area contributed by atoms with E-state index in [1.807, 2.05) is 18.2 Å². The maximum Gasteiger partial charge on any atom is 0.162 e. The third-order valence-corrected chi connectivity index (χ3v) is 8.78. The number of ether oxygens (including phenoxy) is 2. The summed E-state index contributed by atoms with van der Waals surface area (Å²) >= 11 is 6.62. The molecule has 0 N–H and O–H groups in total. The molecule has 0 fully saturated rings. The number of allylic oxidation sites excluding steroid dienone is 4. The van der Waals surface area contributed by atoms with Gasteiger partial charge in [0.1, 0.15) is 12.4 Å². The maximum atomic E-state index is 14.1. The minimum Gasteiger partial charge on any atom is -0.489 e. The smallest absolute Gasteiger partial charge is 0.162 e. The molecule has 0 radical (unpaired) electrons. The Hall–Kier alpha value is -2.89. The number of hydrogen-bond acceptors (Lipinski definition) is 5. The van der Waals surface area contributed by atoms with E-state index in [9.17, 15) is 9.59 Å². The van der Waals surface area contributed by atoms with Crippen molar-refractivity contribution in [3.8, 4) is 5.75 Å². The third-order valence-electron chi connectivity index (χ3n) is 8.55. The monoisotopic (exact) mass is 575 g/mol. The van der Waals surface area contributed by atoms with Crippen LogP contribution in [0.5, 0.6) is 5.75 Å². The molecule has 41 heavy (non-hydrogen) atoms. The van der Waals surface area contributed by atoms with Crippen LogP contribution in [0.25, 0.3) is 0 Å². The van der Waals surface area contributed by atoms with Crippen LogP contribution in [0.4, 0.5) is 0 Å². The molecule has 0 amide bonds. The minimum absolute atomic E-state index is 0.103. The van der Waals surface area contributed by atoms with E-state index in [4.69, 9.17) is 21.1 Å². The number of hydrogen-bond donors (Lipinski definition) is 0. The number of nitrogens with zero attached hydrogens (tertiary/aromatic N) is 1. The van der Waals surface area contributed by atoms with Crippen molar-refractivity contribution in [2.24, 2.45) is 10.8 Å². The standard InChI is InChI=1S/C35H42ClNO4/c1-22-8-10-23(11-9-22)21-41-30-13-12-24(36)16-25(30)31-32-26(17-34(2,3)19-28(32)38)37(14-7-15-40-6)27-18-35(4,5)20-29(39)33(27)31/h8-13,16,31H,7,14-15,17-21H2,1-6H3. The summed E-state index contributed by atoms with van der Waals surface area (Å²) in [6.45, 7) is 12.4. The number of ketones is 2. The van der Waals surface area contributed by atoms with Gasteiger partial charge in [-0.25, -0.2) is 0 Å². The van der Waals surface area contributed by atoms with Gasteiger partial charge in [-0.3, -0.25) is 9.59 Å². The molecule has 1 heterocycles. The van der Waals surface area contributed by atoms with Crippen molar-refractivity contribution in [2.75, 3.05) is 20.3 Å². The second kappa shape index (κ2) is 11.4. The number of rotatable bonds is 8. The molecule has 5 nitrogen and oxygen atoms in total. The Bertz CT molecular complexity index is 1360. The molecule has 2 aromatic carbocycles. The molecule has 2 aromatic rings. The lowest BCUT2D eigenvalue weighted by atomic mass is 9.63. The molecule has 0 unspecified atom stereocenters. The molecule has 218 valence electrons. The van der Waals surface area contributed by atoms with Gasteiger partial charge in [0.2, 0.25) is 0 Å². The molecule has 0 saturated heterocycles. The minimum atomic E-state index is -0.502. The Balaban J connectivity index is 1.68. The van der Waals surface area contributed by atoms with Crippen molar-refractivity contribution in [1.29, 1.82) is 0 Å². The topological polar surface area (TPSA) is 55.8 Å². The van der Waals surface area contributed by atoms with E-state index in [0.717, 1.165) is 52.9 Å². The fourth-order valence-corrected chi connectivity index (χ4v) is 6.90. The summed E-state index contributed by atoms with van der Waals surface area (Å²) in [7, 11) is 1.71. The summed E-state index contributed by atoms with van der Waals surface area (Å²) in [5.74, 6) is 0.359. The Kier molecular flexibility index (Phi) is 8.24. The van der Waals surface area contributed by atoms with E-state index < -0.39 is 5.92 Å². The highest BCUT2D eigenvalue weighted by atomic mass is 35.5. The van der Waals surface area contributed by atoms with Crippen molar-refractivity contribution >= 4 is 23.2 Å². The van der Waals surface area contributed by atoms with Crippen LogP contribution in [-0.4, -0.2) is 36.7 Å². The molecule has 6 heteroatoms. The second-order valence-corrected chi connectivity index (χ2v) is 13.9. The summed E-state index contributed by atoms with van der Waals surface area (Å²) < 4.78 is 11.8. The van der Waals surface area contributed by atoms with Gasteiger partial charge in [0.15, 0.2) is 11.6 Å². The molecule has 0 atom stereocenters. The molecule has 2 aliphatic carbocycles. The van der Waals surface area contributed by atoms with E-state index in [2.05, 4.69) is 63.8 Å². The fraction of sp³-hybridized carbons (Fsp3) is 0.486. The number of methoxy groups -OCH3 is 1. The number of benzene rings is 2. The lowest BCUT2D eigenvalue weighted by Crippen LogP contribution is -2.44. The lowest BCUT2D eigenvalue weighted by Gasteiger charge is -2.49. The number of carbonyl (C=O) groups excluding carboxylic acids is 2. The van der Waals surface area contributed by atoms with Gasteiger partial charge in [-0.15, -0.1) is 0 Å². The van der Waals surface area contributed by atoms with Gasteiger partial charge in [0.25, 0.3) is 0 Å². The zero-order valence-electron chi connectivity index (χ0n) is 25.2. The van der Waals surface area contributed by atoms with Crippen LogP contribution in [0.1, 0.15) is 82.4 Å². The van der Waals surface area contributed by atoms with Crippen LogP contribution >= 0.6 is 11.6 Å². The molecular formula is C35H42ClNO4. The Morgan fingerprint density at radius 3 is 2.02 bits per heavy atom. The van der Waals surface area contributed by atoms with Gasteiger partial charge in [-0.1, -0.05) is 69.1 Å². The van der Waals surface area contributed by atoms with Crippen molar-refractivity contribution in [3.05, 3.63) is 86.7 Å². The Morgan fingerprint density at radius 2 is 1.46 bits per heavy atom. The zero-order valence-corrected chi connectivity index (χ0v) is 26.0. The summed E-state index contributed by atoms with van der Waals surface area (Å²) in [5, 5.41) is 0.557. The summed E-state index contributed by atoms with van der Waals surface area (Å²) in [5.41, 5.74) is 6.23. The highest BCUT2D eigenvalue weighted by Gasteiger charge is 2.49. The average Bonchev–Trinajstić information content (AvgIpc) is 2.88. The average molecular weight is 576 g/mol. The summed E-state index contributed by atoms with van der Waals surface area (Å²) in [6.07, 6.45) is 3.22. The molecule has 0 spiro atoms. The van der Waals surface area contributed by atoms with E-state index >= 15 is 0 Å². The van der Waals surface area contributed by atoms with Crippen molar-refractivity contribution in [2.45, 2.75) is 79.2 Å². The van der Waals surface area contributed by atoms with Crippen molar-refractivity contribution in [1.82, 2.24) is 4.90 Å². The van der Waals surface area contributed by atoms with E-state index in [1.165, 1.54) is 5.56 Å².